The van der Waals surface area contributed by atoms with Crippen LogP contribution in [-0.4, -0.2) is 6.29 Å². The molecule has 0 heterocycles. The quantitative estimate of drug-likeness (QED) is 0.784. The van der Waals surface area contributed by atoms with Crippen LogP contribution in [0.5, 0.6) is 5.75 Å². The van der Waals surface area contributed by atoms with Crippen LogP contribution in [0.4, 0.5) is 4.39 Å². The molecule has 0 N–H and O–H groups in total. The van der Waals surface area contributed by atoms with E-state index in [0.29, 0.717) is 22.6 Å². The third-order valence-corrected chi connectivity index (χ3v) is 2.72. The molecule has 0 unspecified atom stereocenters. The van der Waals surface area contributed by atoms with Gasteiger partial charge in [-0.3, -0.25) is 4.79 Å². The van der Waals surface area contributed by atoms with Gasteiger partial charge >= 0.3 is 0 Å². The first kappa shape index (κ1) is 12.6. The van der Waals surface area contributed by atoms with Gasteiger partial charge in [0.2, 0.25) is 0 Å². The van der Waals surface area contributed by atoms with Crippen molar-refractivity contribution in [3.05, 3.63) is 64.4 Å². The van der Waals surface area contributed by atoms with Crippen molar-refractivity contribution in [1.82, 2.24) is 0 Å². The summed E-state index contributed by atoms with van der Waals surface area (Å²) in [6.07, 6.45) is 0.686. The van der Waals surface area contributed by atoms with E-state index in [9.17, 15) is 9.18 Å². The van der Waals surface area contributed by atoms with Crippen molar-refractivity contribution < 1.29 is 13.9 Å². The van der Waals surface area contributed by atoms with Gasteiger partial charge in [-0.2, -0.15) is 0 Å². The first-order valence-electron chi connectivity index (χ1n) is 5.31. The van der Waals surface area contributed by atoms with E-state index in [4.69, 9.17) is 16.3 Å². The second-order valence-corrected chi connectivity index (χ2v) is 4.10. The number of carbonyl (C=O) groups is 1. The second kappa shape index (κ2) is 5.65. The van der Waals surface area contributed by atoms with E-state index in [-0.39, 0.29) is 12.4 Å². The first-order valence-corrected chi connectivity index (χ1v) is 5.69. The maximum atomic E-state index is 12.7. The highest BCUT2D eigenvalue weighted by atomic mass is 35.5. The van der Waals surface area contributed by atoms with E-state index in [2.05, 4.69) is 0 Å². The van der Waals surface area contributed by atoms with E-state index in [1.165, 1.54) is 12.1 Å². The number of para-hydroxylation sites is 1. The van der Waals surface area contributed by atoms with Crippen molar-refractivity contribution in [1.29, 1.82) is 0 Å². The smallest absolute Gasteiger partial charge is 0.153 e. The number of rotatable bonds is 4. The number of ether oxygens (including phenoxy) is 1. The third-order valence-electron chi connectivity index (χ3n) is 2.42. The minimum absolute atomic E-state index is 0.227. The highest BCUT2D eigenvalue weighted by Crippen LogP contribution is 2.28. The van der Waals surface area contributed by atoms with E-state index in [1.807, 2.05) is 0 Å². The number of carbonyl (C=O) groups excluding carboxylic acids is 1. The topological polar surface area (TPSA) is 26.3 Å². The molecule has 0 aliphatic heterocycles. The maximum absolute atomic E-state index is 12.7. The molecule has 0 radical (unpaired) electrons. The Morgan fingerprint density at radius 1 is 1.17 bits per heavy atom. The van der Waals surface area contributed by atoms with Crippen LogP contribution in [0, 0.1) is 5.82 Å². The van der Waals surface area contributed by atoms with Crippen LogP contribution < -0.4 is 4.74 Å². The van der Waals surface area contributed by atoms with E-state index in [1.54, 1.807) is 30.3 Å². The molecule has 0 saturated heterocycles. The lowest BCUT2D eigenvalue weighted by molar-refractivity contribution is 0.111. The summed E-state index contributed by atoms with van der Waals surface area (Å²) in [7, 11) is 0. The maximum Gasteiger partial charge on any atom is 0.153 e. The Hall–Kier alpha value is -1.87. The van der Waals surface area contributed by atoms with Crippen LogP contribution in [0.1, 0.15) is 15.9 Å². The molecule has 0 aliphatic rings. The van der Waals surface area contributed by atoms with Gasteiger partial charge in [0.25, 0.3) is 0 Å². The molecule has 2 aromatic carbocycles. The monoisotopic (exact) mass is 264 g/mol. The largest absolute Gasteiger partial charge is 0.487 e. The minimum Gasteiger partial charge on any atom is -0.487 e. The predicted octanol–water partition coefficient (Wildman–Crippen LogP) is 3.87. The summed E-state index contributed by atoms with van der Waals surface area (Å²) in [6.45, 7) is 0.227. The van der Waals surface area contributed by atoms with Gasteiger partial charge in [-0.15, -0.1) is 0 Å². The summed E-state index contributed by atoms with van der Waals surface area (Å²) < 4.78 is 18.2. The summed E-state index contributed by atoms with van der Waals surface area (Å²) in [6, 6.07) is 10.9. The Bertz CT molecular complexity index is 552. The Kier molecular flexibility index (Phi) is 3.95. The molecule has 0 bridgehead atoms. The molecule has 4 heteroatoms. The fraction of sp³-hybridized carbons (Fsp3) is 0.0714. The van der Waals surface area contributed by atoms with Crippen LogP contribution in [0.25, 0.3) is 0 Å². The molecule has 0 amide bonds. The molecular weight excluding hydrogens is 255 g/mol. The van der Waals surface area contributed by atoms with Crippen molar-refractivity contribution in [3.8, 4) is 5.75 Å². The number of hydrogen-bond acceptors (Lipinski definition) is 2. The lowest BCUT2D eigenvalue weighted by atomic mass is 10.2. The standard InChI is InChI=1S/C14H10ClFO2/c15-13-3-1-2-11(8-17)14(13)18-9-10-4-6-12(16)7-5-10/h1-8H,9H2. The molecule has 0 aliphatic carbocycles. The fourth-order valence-corrected chi connectivity index (χ4v) is 1.74. The first-order chi connectivity index (χ1) is 8.70. The lowest BCUT2D eigenvalue weighted by Gasteiger charge is -2.10. The minimum atomic E-state index is -0.301. The van der Waals surface area contributed by atoms with Crippen LogP contribution in [0.15, 0.2) is 42.5 Å². The number of halogens is 2. The van der Waals surface area contributed by atoms with Gasteiger partial charge in [0.05, 0.1) is 10.6 Å². The van der Waals surface area contributed by atoms with Gasteiger partial charge in [0.15, 0.2) is 6.29 Å². The van der Waals surface area contributed by atoms with Gasteiger partial charge in [0, 0.05) is 0 Å². The van der Waals surface area contributed by atoms with Crippen LogP contribution in [-0.2, 0) is 6.61 Å². The second-order valence-electron chi connectivity index (χ2n) is 3.69. The summed E-state index contributed by atoms with van der Waals surface area (Å²) in [5.41, 5.74) is 1.19. The average Bonchev–Trinajstić information content (AvgIpc) is 2.39. The molecule has 0 atom stereocenters. The van der Waals surface area contributed by atoms with Gasteiger partial charge in [-0.25, -0.2) is 4.39 Å². The van der Waals surface area contributed by atoms with Crippen LogP contribution in [0.2, 0.25) is 5.02 Å². The number of benzene rings is 2. The molecule has 2 nitrogen and oxygen atoms in total. The molecule has 2 aromatic rings. The molecular formula is C14H10ClFO2. The zero-order valence-corrected chi connectivity index (χ0v) is 10.2. The van der Waals surface area contributed by atoms with Crippen LogP contribution in [0.3, 0.4) is 0 Å². The highest BCUT2D eigenvalue weighted by molar-refractivity contribution is 6.32. The lowest BCUT2D eigenvalue weighted by Crippen LogP contribution is -1.99. The van der Waals surface area contributed by atoms with Gasteiger partial charge in [-0.1, -0.05) is 29.8 Å². The number of hydrogen-bond donors (Lipinski definition) is 0. The molecule has 18 heavy (non-hydrogen) atoms. The summed E-state index contributed by atoms with van der Waals surface area (Å²) in [5, 5.41) is 0.377. The molecule has 0 fully saturated rings. The van der Waals surface area contributed by atoms with E-state index >= 15 is 0 Å². The van der Waals surface area contributed by atoms with E-state index < -0.39 is 0 Å². The average molecular weight is 265 g/mol. The zero-order valence-electron chi connectivity index (χ0n) is 9.40. The molecule has 0 saturated carbocycles. The predicted molar refractivity (Wildman–Crippen MR) is 67.6 cm³/mol. The van der Waals surface area contributed by atoms with Crippen molar-refractivity contribution in [3.63, 3.8) is 0 Å². The Morgan fingerprint density at radius 2 is 1.89 bits per heavy atom. The summed E-state index contributed by atoms with van der Waals surface area (Å²) >= 11 is 5.96. The zero-order chi connectivity index (χ0) is 13.0. The van der Waals surface area contributed by atoms with Crippen molar-refractivity contribution >= 4 is 17.9 Å². The number of aldehydes is 1. The van der Waals surface area contributed by atoms with Gasteiger partial charge in [0.1, 0.15) is 18.2 Å². The van der Waals surface area contributed by atoms with Crippen LogP contribution >= 0.6 is 11.6 Å². The Balaban J connectivity index is 2.15. The fourth-order valence-electron chi connectivity index (χ4n) is 1.51. The highest BCUT2D eigenvalue weighted by Gasteiger charge is 2.07. The summed E-state index contributed by atoms with van der Waals surface area (Å²) in [4.78, 5) is 10.8. The Morgan fingerprint density at radius 3 is 2.56 bits per heavy atom. The molecule has 2 rings (SSSR count). The van der Waals surface area contributed by atoms with Crippen molar-refractivity contribution in [2.75, 3.05) is 0 Å². The van der Waals surface area contributed by atoms with Crippen molar-refractivity contribution in [2.45, 2.75) is 6.61 Å². The normalized spacial score (nSPS) is 10.1. The molecule has 92 valence electrons. The molecule has 0 spiro atoms. The van der Waals surface area contributed by atoms with Gasteiger partial charge in [-0.05, 0) is 29.8 Å². The summed E-state index contributed by atoms with van der Waals surface area (Å²) in [5.74, 6) is 0.0450. The SMILES string of the molecule is O=Cc1cccc(Cl)c1OCc1ccc(F)cc1. The Labute approximate surface area is 109 Å². The van der Waals surface area contributed by atoms with Crippen molar-refractivity contribution in [2.24, 2.45) is 0 Å². The van der Waals surface area contributed by atoms with E-state index in [0.717, 1.165) is 5.56 Å². The van der Waals surface area contributed by atoms with Gasteiger partial charge < -0.3 is 4.74 Å². The molecule has 0 aromatic heterocycles. The third kappa shape index (κ3) is 2.87.